The van der Waals surface area contributed by atoms with Crippen molar-refractivity contribution < 1.29 is 9.53 Å². The highest BCUT2D eigenvalue weighted by Crippen LogP contribution is 2.33. The fourth-order valence-corrected chi connectivity index (χ4v) is 2.10. The molecular formula is C14H21N3O3. The van der Waals surface area contributed by atoms with E-state index in [9.17, 15) is 9.59 Å². The van der Waals surface area contributed by atoms with Crippen LogP contribution in [-0.4, -0.2) is 34.7 Å². The minimum atomic E-state index is -0.343. The maximum atomic E-state index is 12.4. The van der Waals surface area contributed by atoms with Crippen LogP contribution in [0.2, 0.25) is 0 Å². The van der Waals surface area contributed by atoms with Gasteiger partial charge >= 0.3 is 5.97 Å². The molecule has 1 aliphatic carbocycles. The Labute approximate surface area is 118 Å². The van der Waals surface area contributed by atoms with Crippen LogP contribution in [0.1, 0.15) is 39.7 Å². The molecule has 110 valence electrons. The quantitative estimate of drug-likeness (QED) is 0.736. The molecule has 0 aliphatic heterocycles. The van der Waals surface area contributed by atoms with Crippen molar-refractivity contribution in [3.05, 3.63) is 22.7 Å². The van der Waals surface area contributed by atoms with E-state index in [1.54, 1.807) is 28.8 Å². The van der Waals surface area contributed by atoms with Crippen molar-refractivity contribution in [3.63, 3.8) is 0 Å². The molecule has 2 rings (SSSR count). The minimum Gasteiger partial charge on any atom is -0.465 e. The maximum Gasteiger partial charge on any atom is 0.325 e. The highest BCUT2D eigenvalue weighted by molar-refractivity contribution is 5.75. The van der Waals surface area contributed by atoms with Crippen molar-refractivity contribution in [1.29, 1.82) is 0 Å². The molecule has 0 atom stereocenters. The van der Waals surface area contributed by atoms with Gasteiger partial charge in [0.05, 0.1) is 6.61 Å². The number of carbonyl (C=O) groups excluding carboxylic acids is 1. The van der Waals surface area contributed by atoms with Gasteiger partial charge < -0.3 is 14.2 Å². The Balaban J connectivity index is 2.27. The number of ether oxygens (including phenoxy) is 1. The highest BCUT2D eigenvalue weighted by Gasteiger charge is 2.27. The molecule has 0 saturated heterocycles. The maximum absolute atomic E-state index is 12.4. The van der Waals surface area contributed by atoms with E-state index in [0.29, 0.717) is 18.5 Å². The second-order valence-electron chi connectivity index (χ2n) is 5.22. The summed E-state index contributed by atoms with van der Waals surface area (Å²) in [5, 5.41) is 0. The number of nitrogens with zero attached hydrogens (tertiary/aromatic N) is 3. The summed E-state index contributed by atoms with van der Waals surface area (Å²) in [6, 6.07) is 0.288. The average Bonchev–Trinajstić information content (AvgIpc) is 3.21. The molecule has 1 aromatic heterocycles. The lowest BCUT2D eigenvalue weighted by Crippen LogP contribution is -2.41. The summed E-state index contributed by atoms with van der Waals surface area (Å²) >= 11 is 0. The fourth-order valence-electron chi connectivity index (χ4n) is 2.10. The highest BCUT2D eigenvalue weighted by atomic mass is 16.5. The van der Waals surface area contributed by atoms with Gasteiger partial charge in [0.15, 0.2) is 5.82 Å². The summed E-state index contributed by atoms with van der Waals surface area (Å²) in [5.41, 5.74) is -0.131. The van der Waals surface area contributed by atoms with Crippen molar-refractivity contribution in [2.45, 2.75) is 45.7 Å². The van der Waals surface area contributed by atoms with Gasteiger partial charge in [-0.2, -0.15) is 0 Å². The van der Waals surface area contributed by atoms with Gasteiger partial charge in [-0.05, 0) is 33.6 Å². The molecule has 20 heavy (non-hydrogen) atoms. The van der Waals surface area contributed by atoms with E-state index in [-0.39, 0.29) is 24.1 Å². The molecule has 0 aromatic carbocycles. The molecule has 0 spiro atoms. The van der Waals surface area contributed by atoms with Crippen molar-refractivity contribution >= 4 is 11.8 Å². The van der Waals surface area contributed by atoms with Crippen LogP contribution in [-0.2, 0) is 9.53 Å². The molecule has 0 N–H and O–H groups in total. The van der Waals surface area contributed by atoms with Crippen LogP contribution in [0.15, 0.2) is 17.2 Å². The number of hydrogen-bond acceptors (Lipinski definition) is 5. The first kappa shape index (κ1) is 14.6. The van der Waals surface area contributed by atoms with Crippen molar-refractivity contribution in [2.24, 2.45) is 0 Å². The Morgan fingerprint density at radius 1 is 1.55 bits per heavy atom. The van der Waals surface area contributed by atoms with Gasteiger partial charge in [-0.15, -0.1) is 0 Å². The number of carbonyl (C=O) groups is 1. The van der Waals surface area contributed by atoms with Crippen LogP contribution in [0, 0.1) is 0 Å². The molecular weight excluding hydrogens is 258 g/mol. The molecule has 6 heteroatoms. The predicted molar refractivity (Wildman–Crippen MR) is 75.9 cm³/mol. The summed E-state index contributed by atoms with van der Waals surface area (Å²) < 4.78 is 6.67. The lowest BCUT2D eigenvalue weighted by molar-refractivity contribution is -0.141. The zero-order valence-electron chi connectivity index (χ0n) is 12.2. The molecule has 1 heterocycles. The topological polar surface area (TPSA) is 64.4 Å². The third kappa shape index (κ3) is 3.18. The van der Waals surface area contributed by atoms with E-state index < -0.39 is 0 Å². The van der Waals surface area contributed by atoms with E-state index in [0.717, 1.165) is 12.8 Å². The van der Waals surface area contributed by atoms with Gasteiger partial charge in [0.25, 0.3) is 5.56 Å². The number of aromatic nitrogens is 2. The van der Waals surface area contributed by atoms with Crippen LogP contribution in [0.3, 0.4) is 0 Å². The summed E-state index contributed by atoms with van der Waals surface area (Å²) in [4.78, 5) is 30.0. The number of esters is 1. The van der Waals surface area contributed by atoms with E-state index in [1.807, 2.05) is 13.8 Å². The van der Waals surface area contributed by atoms with Crippen LogP contribution in [0.5, 0.6) is 0 Å². The van der Waals surface area contributed by atoms with Gasteiger partial charge in [-0.1, -0.05) is 0 Å². The SMILES string of the molecule is CCOC(=O)CN(c1nccn(C2CC2)c1=O)C(C)C. The summed E-state index contributed by atoms with van der Waals surface area (Å²) in [7, 11) is 0. The molecule has 1 aromatic rings. The van der Waals surface area contributed by atoms with Crippen LogP contribution < -0.4 is 10.5 Å². The Kier molecular flexibility index (Phi) is 4.42. The van der Waals surface area contributed by atoms with Crippen LogP contribution in [0.4, 0.5) is 5.82 Å². The first-order valence-electron chi connectivity index (χ1n) is 7.04. The third-order valence-electron chi connectivity index (χ3n) is 3.29. The Morgan fingerprint density at radius 3 is 2.80 bits per heavy atom. The standard InChI is InChI=1S/C14H21N3O3/c1-4-20-12(18)9-17(10(2)3)13-14(19)16(8-7-15-13)11-5-6-11/h7-8,10-11H,4-6,9H2,1-3H3. The van der Waals surface area contributed by atoms with E-state index in [1.165, 1.54) is 0 Å². The second kappa shape index (κ2) is 6.07. The zero-order chi connectivity index (χ0) is 14.7. The summed E-state index contributed by atoms with van der Waals surface area (Å²) in [6.45, 7) is 5.99. The molecule has 0 amide bonds. The first-order chi connectivity index (χ1) is 9.54. The Bertz CT molecular complexity index is 535. The Morgan fingerprint density at radius 2 is 2.25 bits per heavy atom. The first-order valence-corrected chi connectivity index (χ1v) is 7.04. The van der Waals surface area contributed by atoms with Gasteiger partial charge in [-0.3, -0.25) is 9.59 Å². The third-order valence-corrected chi connectivity index (χ3v) is 3.29. The molecule has 0 unspecified atom stereocenters. The minimum absolute atomic E-state index is 0.00495. The molecule has 0 bridgehead atoms. The lowest BCUT2D eigenvalue weighted by atomic mass is 10.3. The smallest absolute Gasteiger partial charge is 0.325 e. The average molecular weight is 279 g/mol. The van der Waals surface area contributed by atoms with Crippen LogP contribution in [0.25, 0.3) is 0 Å². The zero-order valence-corrected chi connectivity index (χ0v) is 12.2. The van der Waals surface area contributed by atoms with Gasteiger partial charge in [0, 0.05) is 24.5 Å². The molecule has 1 fully saturated rings. The summed E-state index contributed by atoms with van der Waals surface area (Å²) in [6.07, 6.45) is 5.40. The van der Waals surface area contributed by atoms with Gasteiger partial charge in [0.1, 0.15) is 6.54 Å². The van der Waals surface area contributed by atoms with Crippen LogP contribution >= 0.6 is 0 Å². The van der Waals surface area contributed by atoms with E-state index in [4.69, 9.17) is 4.74 Å². The lowest BCUT2D eigenvalue weighted by Gasteiger charge is -2.26. The molecule has 1 saturated carbocycles. The van der Waals surface area contributed by atoms with E-state index in [2.05, 4.69) is 4.98 Å². The molecule has 6 nitrogen and oxygen atoms in total. The number of anilines is 1. The molecule has 1 aliphatic rings. The largest absolute Gasteiger partial charge is 0.465 e. The van der Waals surface area contributed by atoms with E-state index >= 15 is 0 Å². The molecule has 0 radical (unpaired) electrons. The predicted octanol–water partition coefficient (Wildman–Crippen LogP) is 1.36. The number of rotatable bonds is 6. The summed E-state index contributed by atoms with van der Waals surface area (Å²) in [5.74, 6) is -0.0216. The Hall–Kier alpha value is -1.85. The van der Waals surface area contributed by atoms with Crippen molar-refractivity contribution in [2.75, 3.05) is 18.1 Å². The normalized spacial score (nSPS) is 14.4. The van der Waals surface area contributed by atoms with Crippen molar-refractivity contribution in [3.8, 4) is 0 Å². The number of hydrogen-bond donors (Lipinski definition) is 0. The monoisotopic (exact) mass is 279 g/mol. The fraction of sp³-hybridized carbons (Fsp3) is 0.643. The van der Waals surface area contributed by atoms with Crippen molar-refractivity contribution in [1.82, 2.24) is 9.55 Å². The van der Waals surface area contributed by atoms with Gasteiger partial charge in [0.2, 0.25) is 0 Å². The van der Waals surface area contributed by atoms with Gasteiger partial charge in [-0.25, -0.2) is 4.98 Å². The second-order valence-corrected chi connectivity index (χ2v) is 5.22.